The number of amides is 1. The third kappa shape index (κ3) is 4.77. The van der Waals surface area contributed by atoms with Crippen molar-refractivity contribution in [1.29, 1.82) is 0 Å². The first-order valence-electron chi connectivity index (χ1n) is 10.2. The Balaban J connectivity index is 1.25. The number of nitrogens with one attached hydrogen (secondary N) is 1. The van der Waals surface area contributed by atoms with Crippen LogP contribution in [0.5, 0.6) is 0 Å². The summed E-state index contributed by atoms with van der Waals surface area (Å²) >= 11 is 1.70. The minimum Gasteiger partial charge on any atom is -0.322 e. The largest absolute Gasteiger partial charge is 0.322 e. The maximum atomic E-state index is 12.5. The number of anilines is 1. The molecule has 0 saturated carbocycles. The number of aryl methyl sites for hydroxylation is 2. The summed E-state index contributed by atoms with van der Waals surface area (Å²) in [4.78, 5) is 21.9. The van der Waals surface area contributed by atoms with Gasteiger partial charge in [0.15, 0.2) is 0 Å². The molecule has 1 fully saturated rings. The Morgan fingerprint density at radius 3 is 2.47 bits per heavy atom. The maximum Gasteiger partial charge on any atom is 0.238 e. The van der Waals surface area contributed by atoms with E-state index in [1.165, 1.54) is 5.56 Å². The van der Waals surface area contributed by atoms with Crippen LogP contribution >= 0.6 is 11.3 Å². The topological polar surface area (TPSA) is 66.3 Å². The van der Waals surface area contributed by atoms with E-state index in [4.69, 9.17) is 4.98 Å². The fourth-order valence-electron chi connectivity index (χ4n) is 3.76. The number of nitrogens with zero attached hydrogens (tertiary/aromatic N) is 5. The minimum atomic E-state index is 0.0228. The van der Waals surface area contributed by atoms with E-state index < -0.39 is 0 Å². The summed E-state index contributed by atoms with van der Waals surface area (Å²) < 4.78 is 1.80. The molecule has 3 aromatic rings. The number of rotatable bonds is 6. The van der Waals surface area contributed by atoms with E-state index in [9.17, 15) is 4.79 Å². The first-order chi connectivity index (χ1) is 14.5. The van der Waals surface area contributed by atoms with Gasteiger partial charge in [0.05, 0.1) is 29.3 Å². The SMILES string of the molecule is Cc1nn(C)c(C)c1NC(=O)CN1CCN(Cc2csc(-c3ccccc3)n2)CC1. The minimum absolute atomic E-state index is 0.0228. The highest BCUT2D eigenvalue weighted by Crippen LogP contribution is 2.24. The summed E-state index contributed by atoms with van der Waals surface area (Å²) in [5, 5.41) is 10.6. The average molecular weight is 425 g/mol. The molecule has 0 unspecified atom stereocenters. The lowest BCUT2D eigenvalue weighted by atomic mass is 10.2. The molecule has 1 saturated heterocycles. The summed E-state index contributed by atoms with van der Waals surface area (Å²) in [6.45, 7) is 8.81. The highest BCUT2D eigenvalue weighted by molar-refractivity contribution is 7.13. The normalized spacial score (nSPS) is 15.4. The second-order valence-corrected chi connectivity index (χ2v) is 8.64. The first kappa shape index (κ1) is 20.7. The molecule has 7 nitrogen and oxygen atoms in total. The van der Waals surface area contributed by atoms with E-state index in [1.807, 2.05) is 39.1 Å². The molecule has 0 atom stereocenters. The van der Waals surface area contributed by atoms with E-state index in [0.717, 1.165) is 60.5 Å². The number of piperazine rings is 1. The number of aromatic nitrogens is 3. The van der Waals surface area contributed by atoms with Gasteiger partial charge in [-0.1, -0.05) is 30.3 Å². The van der Waals surface area contributed by atoms with Gasteiger partial charge in [-0.2, -0.15) is 5.10 Å². The Kier molecular flexibility index (Phi) is 6.26. The monoisotopic (exact) mass is 424 g/mol. The number of benzene rings is 1. The van der Waals surface area contributed by atoms with Crippen LogP contribution in [0.25, 0.3) is 10.6 Å². The Hall–Kier alpha value is -2.55. The van der Waals surface area contributed by atoms with Gasteiger partial charge in [0, 0.05) is 50.7 Å². The van der Waals surface area contributed by atoms with Crippen LogP contribution in [-0.2, 0) is 18.4 Å². The Bertz CT molecular complexity index is 1000. The van der Waals surface area contributed by atoms with Crippen molar-refractivity contribution in [1.82, 2.24) is 24.6 Å². The van der Waals surface area contributed by atoms with Crippen molar-refractivity contribution in [3.8, 4) is 10.6 Å². The van der Waals surface area contributed by atoms with Crippen LogP contribution in [0.1, 0.15) is 17.1 Å². The molecule has 1 aliphatic heterocycles. The summed E-state index contributed by atoms with van der Waals surface area (Å²) in [7, 11) is 1.89. The second-order valence-electron chi connectivity index (χ2n) is 7.78. The van der Waals surface area contributed by atoms with Gasteiger partial charge in [-0.05, 0) is 13.8 Å². The zero-order valence-corrected chi connectivity index (χ0v) is 18.6. The van der Waals surface area contributed by atoms with E-state index in [-0.39, 0.29) is 5.91 Å². The Morgan fingerprint density at radius 1 is 1.10 bits per heavy atom. The molecule has 1 aliphatic rings. The van der Waals surface area contributed by atoms with Gasteiger partial charge in [-0.25, -0.2) is 4.98 Å². The van der Waals surface area contributed by atoms with Crippen LogP contribution in [0, 0.1) is 13.8 Å². The van der Waals surface area contributed by atoms with Crippen molar-refractivity contribution in [2.24, 2.45) is 7.05 Å². The number of hydrogen-bond donors (Lipinski definition) is 1. The van der Waals surface area contributed by atoms with E-state index in [1.54, 1.807) is 16.0 Å². The van der Waals surface area contributed by atoms with Crippen molar-refractivity contribution in [2.75, 3.05) is 38.0 Å². The van der Waals surface area contributed by atoms with E-state index in [0.29, 0.717) is 6.54 Å². The molecular formula is C22H28N6OS. The number of carbonyl (C=O) groups is 1. The highest BCUT2D eigenvalue weighted by Gasteiger charge is 2.21. The molecule has 0 bridgehead atoms. The zero-order chi connectivity index (χ0) is 21.1. The summed E-state index contributed by atoms with van der Waals surface area (Å²) in [5.41, 5.74) is 4.95. The fraction of sp³-hybridized carbons (Fsp3) is 0.409. The van der Waals surface area contributed by atoms with Crippen LogP contribution < -0.4 is 5.32 Å². The summed E-state index contributed by atoms with van der Waals surface area (Å²) in [6, 6.07) is 10.3. The first-order valence-corrected chi connectivity index (χ1v) is 11.1. The third-order valence-corrected chi connectivity index (χ3v) is 6.50. The molecule has 1 amide bonds. The van der Waals surface area contributed by atoms with Crippen LogP contribution in [0.15, 0.2) is 35.7 Å². The predicted molar refractivity (Wildman–Crippen MR) is 121 cm³/mol. The van der Waals surface area contributed by atoms with Crippen molar-refractivity contribution >= 4 is 22.9 Å². The van der Waals surface area contributed by atoms with Crippen LogP contribution in [-0.4, -0.2) is 63.2 Å². The number of hydrogen-bond acceptors (Lipinski definition) is 6. The van der Waals surface area contributed by atoms with Gasteiger partial charge >= 0.3 is 0 Å². The quantitative estimate of drug-likeness (QED) is 0.659. The molecule has 2 aromatic heterocycles. The standard InChI is InChI=1S/C22H28N6OS/c1-16-21(17(2)26(3)25-16)24-20(29)14-28-11-9-27(10-12-28)13-19-15-30-22(23-19)18-7-5-4-6-8-18/h4-8,15H,9-14H2,1-3H3,(H,24,29). The van der Waals surface area contributed by atoms with E-state index in [2.05, 4.69) is 37.7 Å². The summed E-state index contributed by atoms with van der Waals surface area (Å²) in [6.07, 6.45) is 0. The molecular weight excluding hydrogens is 396 g/mol. The van der Waals surface area contributed by atoms with Gasteiger partial charge < -0.3 is 5.32 Å². The molecule has 158 valence electrons. The van der Waals surface area contributed by atoms with Crippen LogP contribution in [0.2, 0.25) is 0 Å². The van der Waals surface area contributed by atoms with Gasteiger partial charge in [-0.3, -0.25) is 19.3 Å². The lowest BCUT2D eigenvalue weighted by Gasteiger charge is -2.33. The smallest absolute Gasteiger partial charge is 0.238 e. The highest BCUT2D eigenvalue weighted by atomic mass is 32.1. The lowest BCUT2D eigenvalue weighted by molar-refractivity contribution is -0.117. The number of carbonyl (C=O) groups excluding carboxylic acids is 1. The van der Waals surface area contributed by atoms with Crippen molar-refractivity contribution in [2.45, 2.75) is 20.4 Å². The van der Waals surface area contributed by atoms with E-state index >= 15 is 0 Å². The van der Waals surface area contributed by atoms with Gasteiger partial charge in [0.1, 0.15) is 5.01 Å². The maximum absolute atomic E-state index is 12.5. The van der Waals surface area contributed by atoms with Gasteiger partial charge in [0.25, 0.3) is 0 Å². The fourth-order valence-corrected chi connectivity index (χ4v) is 4.58. The molecule has 1 aromatic carbocycles. The van der Waals surface area contributed by atoms with Crippen molar-refractivity contribution in [3.05, 3.63) is 52.8 Å². The molecule has 3 heterocycles. The average Bonchev–Trinajstić information content (AvgIpc) is 3.30. The van der Waals surface area contributed by atoms with Gasteiger partial charge in [0.2, 0.25) is 5.91 Å². The molecule has 8 heteroatoms. The van der Waals surface area contributed by atoms with Crippen LogP contribution in [0.4, 0.5) is 5.69 Å². The zero-order valence-electron chi connectivity index (χ0n) is 17.8. The van der Waals surface area contributed by atoms with Crippen molar-refractivity contribution in [3.63, 3.8) is 0 Å². The van der Waals surface area contributed by atoms with Crippen molar-refractivity contribution < 1.29 is 4.79 Å². The van der Waals surface area contributed by atoms with Gasteiger partial charge in [-0.15, -0.1) is 11.3 Å². The molecule has 0 spiro atoms. The lowest BCUT2D eigenvalue weighted by Crippen LogP contribution is -2.48. The molecule has 1 N–H and O–H groups in total. The number of thiazole rings is 1. The Labute approximate surface area is 181 Å². The third-order valence-electron chi connectivity index (χ3n) is 5.56. The van der Waals surface area contributed by atoms with Crippen LogP contribution in [0.3, 0.4) is 0 Å². The molecule has 30 heavy (non-hydrogen) atoms. The predicted octanol–water partition coefficient (Wildman–Crippen LogP) is 2.92. The molecule has 0 radical (unpaired) electrons. The second kappa shape index (κ2) is 9.07. The summed E-state index contributed by atoms with van der Waals surface area (Å²) in [5.74, 6) is 0.0228. The molecule has 0 aliphatic carbocycles. The Morgan fingerprint density at radius 2 is 1.80 bits per heavy atom. The molecule has 4 rings (SSSR count).